The van der Waals surface area contributed by atoms with E-state index in [1.165, 1.54) is 0 Å². The van der Waals surface area contributed by atoms with E-state index < -0.39 is 16.0 Å². The minimum absolute atomic E-state index is 0.00662. The number of carbonyl (C=O) groups is 1. The number of aryl methyl sites for hydroxylation is 2. The van der Waals surface area contributed by atoms with Gasteiger partial charge in [-0.1, -0.05) is 36.8 Å². The number of hydrogen-bond acceptors (Lipinski definition) is 5. The Balaban J connectivity index is 1.96. The van der Waals surface area contributed by atoms with Crippen molar-refractivity contribution >= 4 is 27.8 Å². The molecule has 164 valence electrons. The van der Waals surface area contributed by atoms with E-state index in [1.807, 2.05) is 57.2 Å². The molecule has 0 amide bonds. The van der Waals surface area contributed by atoms with Gasteiger partial charge in [-0.25, -0.2) is 17.5 Å². The maximum atomic E-state index is 12.9. The summed E-state index contributed by atoms with van der Waals surface area (Å²) < 4.78 is 32.6. The number of hydrogen-bond donors (Lipinski definition) is 1. The molecule has 0 heterocycles. The smallest absolute Gasteiger partial charge is 0.341 e. The molecule has 0 aliphatic rings. The van der Waals surface area contributed by atoms with E-state index >= 15 is 0 Å². The fourth-order valence-corrected chi connectivity index (χ4v) is 5.62. The molecule has 0 saturated heterocycles. The van der Waals surface area contributed by atoms with Crippen molar-refractivity contribution < 1.29 is 23.1 Å². The van der Waals surface area contributed by atoms with E-state index in [2.05, 4.69) is 0 Å². The van der Waals surface area contributed by atoms with Crippen molar-refractivity contribution in [2.75, 3.05) is 25.4 Å². The first kappa shape index (κ1) is 24.2. The van der Waals surface area contributed by atoms with E-state index in [-0.39, 0.29) is 12.4 Å². The molecule has 2 aromatic rings. The van der Waals surface area contributed by atoms with Crippen LogP contribution in [0.15, 0.2) is 47.4 Å². The third-order valence-electron chi connectivity index (χ3n) is 4.44. The molecule has 2 aromatic carbocycles. The van der Waals surface area contributed by atoms with Crippen molar-refractivity contribution in [3.8, 4) is 5.75 Å². The van der Waals surface area contributed by atoms with Gasteiger partial charge in [0.1, 0.15) is 5.75 Å². The van der Waals surface area contributed by atoms with E-state index in [0.717, 1.165) is 28.0 Å². The van der Waals surface area contributed by atoms with Gasteiger partial charge in [-0.3, -0.25) is 0 Å². The highest BCUT2D eigenvalue weighted by Gasteiger charge is 2.21. The molecule has 0 fully saturated rings. The van der Waals surface area contributed by atoms with Crippen molar-refractivity contribution in [3.63, 3.8) is 0 Å². The SMILES string of the molecule is CCCN(CCSc1ccc(OCC(=O)O)c(C)c1)S(=O)(=O)Cc1ccc(C)cc1. The number of nitrogens with zero attached hydrogens (tertiary/aromatic N) is 1. The van der Waals surface area contributed by atoms with Gasteiger partial charge in [0.05, 0.1) is 5.75 Å². The summed E-state index contributed by atoms with van der Waals surface area (Å²) in [5.74, 6) is 0.153. The molecule has 6 nitrogen and oxygen atoms in total. The Morgan fingerprint density at radius 3 is 2.40 bits per heavy atom. The highest BCUT2D eigenvalue weighted by Crippen LogP contribution is 2.26. The Bertz CT molecular complexity index is 943. The van der Waals surface area contributed by atoms with Crippen LogP contribution >= 0.6 is 11.8 Å². The molecule has 30 heavy (non-hydrogen) atoms. The summed E-state index contributed by atoms with van der Waals surface area (Å²) >= 11 is 1.57. The predicted molar refractivity (Wildman–Crippen MR) is 121 cm³/mol. The van der Waals surface area contributed by atoms with Crippen LogP contribution in [0.4, 0.5) is 0 Å². The third-order valence-corrected chi connectivity index (χ3v) is 7.27. The van der Waals surface area contributed by atoms with E-state index in [9.17, 15) is 13.2 Å². The van der Waals surface area contributed by atoms with Gasteiger partial charge in [0.25, 0.3) is 0 Å². The second kappa shape index (κ2) is 11.4. The Labute approximate surface area is 183 Å². The van der Waals surface area contributed by atoms with Gasteiger partial charge in [-0.05, 0) is 49.6 Å². The Morgan fingerprint density at radius 2 is 1.80 bits per heavy atom. The topological polar surface area (TPSA) is 83.9 Å². The molecule has 1 N–H and O–H groups in total. The van der Waals surface area contributed by atoms with Gasteiger partial charge in [0, 0.05) is 23.7 Å². The van der Waals surface area contributed by atoms with Crippen LogP contribution in [0.3, 0.4) is 0 Å². The first-order chi connectivity index (χ1) is 14.2. The van der Waals surface area contributed by atoms with Gasteiger partial charge in [-0.2, -0.15) is 0 Å². The zero-order valence-electron chi connectivity index (χ0n) is 17.6. The van der Waals surface area contributed by atoms with Gasteiger partial charge >= 0.3 is 5.97 Å². The van der Waals surface area contributed by atoms with Crippen molar-refractivity contribution in [3.05, 3.63) is 59.2 Å². The summed E-state index contributed by atoms with van der Waals surface area (Å²) in [4.78, 5) is 11.6. The Morgan fingerprint density at radius 1 is 1.10 bits per heavy atom. The quantitative estimate of drug-likeness (QED) is 0.489. The molecule has 0 bridgehead atoms. The zero-order chi connectivity index (χ0) is 22.1. The average Bonchev–Trinajstić information content (AvgIpc) is 2.68. The summed E-state index contributed by atoms with van der Waals surface area (Å²) in [7, 11) is -3.39. The lowest BCUT2D eigenvalue weighted by Crippen LogP contribution is -2.34. The Kier molecular flexibility index (Phi) is 9.20. The number of carboxylic acid groups (broad SMARTS) is 1. The molecule has 0 atom stereocenters. The second-order valence-corrected chi connectivity index (χ2v) is 10.2. The minimum atomic E-state index is -3.39. The van der Waals surface area contributed by atoms with E-state index in [0.29, 0.717) is 24.6 Å². The van der Waals surface area contributed by atoms with Gasteiger partial charge < -0.3 is 9.84 Å². The number of sulfonamides is 1. The summed E-state index contributed by atoms with van der Waals surface area (Å²) in [5.41, 5.74) is 2.74. The lowest BCUT2D eigenvalue weighted by atomic mass is 10.2. The fourth-order valence-electron chi connectivity index (χ4n) is 2.90. The van der Waals surface area contributed by atoms with Crippen LogP contribution < -0.4 is 4.74 Å². The number of benzene rings is 2. The van der Waals surface area contributed by atoms with Crippen molar-refractivity contribution in [1.29, 1.82) is 0 Å². The molecule has 0 saturated carbocycles. The number of carboxylic acids is 1. The number of aliphatic carboxylic acids is 1. The summed E-state index contributed by atoms with van der Waals surface area (Å²) in [5, 5.41) is 8.72. The van der Waals surface area contributed by atoms with Crippen LogP contribution in [0.25, 0.3) is 0 Å². The zero-order valence-corrected chi connectivity index (χ0v) is 19.3. The summed E-state index contributed by atoms with van der Waals surface area (Å²) in [6, 6.07) is 13.1. The lowest BCUT2D eigenvalue weighted by Gasteiger charge is -2.21. The molecule has 0 aliphatic carbocycles. The number of ether oxygens (including phenoxy) is 1. The molecule has 0 radical (unpaired) electrons. The molecule has 0 aromatic heterocycles. The molecule has 2 rings (SSSR count). The summed E-state index contributed by atoms with van der Waals surface area (Å²) in [6.45, 7) is 6.36. The van der Waals surface area contributed by atoms with Crippen LogP contribution in [-0.4, -0.2) is 49.2 Å². The van der Waals surface area contributed by atoms with Crippen LogP contribution in [0.1, 0.15) is 30.0 Å². The maximum Gasteiger partial charge on any atom is 0.341 e. The molecule has 0 aliphatic heterocycles. The average molecular weight is 452 g/mol. The van der Waals surface area contributed by atoms with E-state index in [1.54, 1.807) is 22.1 Å². The maximum absolute atomic E-state index is 12.9. The predicted octanol–water partition coefficient (Wildman–Crippen LogP) is 4.10. The highest BCUT2D eigenvalue weighted by molar-refractivity contribution is 7.99. The normalized spacial score (nSPS) is 11.6. The fraction of sp³-hybridized carbons (Fsp3) is 0.409. The standard InChI is InChI=1S/C22H29NO5S2/c1-4-11-23(30(26,27)16-19-7-5-17(2)6-8-19)12-13-29-20-9-10-21(18(3)14-20)28-15-22(24)25/h5-10,14H,4,11-13,15-16H2,1-3H3,(H,24,25). The van der Waals surface area contributed by atoms with Gasteiger partial charge in [0.2, 0.25) is 10.0 Å². The van der Waals surface area contributed by atoms with Crippen LogP contribution in [-0.2, 0) is 20.6 Å². The number of thioether (sulfide) groups is 1. The van der Waals surface area contributed by atoms with E-state index in [4.69, 9.17) is 9.84 Å². The van der Waals surface area contributed by atoms with Crippen LogP contribution in [0, 0.1) is 13.8 Å². The van der Waals surface area contributed by atoms with Gasteiger partial charge in [-0.15, -0.1) is 11.8 Å². The molecule has 0 spiro atoms. The van der Waals surface area contributed by atoms with Crippen molar-refractivity contribution in [1.82, 2.24) is 4.31 Å². The molecular weight excluding hydrogens is 422 g/mol. The van der Waals surface area contributed by atoms with Crippen LogP contribution in [0.2, 0.25) is 0 Å². The Hall–Kier alpha value is -2.03. The third kappa shape index (κ3) is 7.66. The highest BCUT2D eigenvalue weighted by atomic mass is 32.2. The van der Waals surface area contributed by atoms with Gasteiger partial charge in [0.15, 0.2) is 6.61 Å². The number of rotatable bonds is 12. The van der Waals surface area contributed by atoms with Crippen LogP contribution in [0.5, 0.6) is 5.75 Å². The first-order valence-electron chi connectivity index (χ1n) is 9.82. The summed E-state index contributed by atoms with van der Waals surface area (Å²) in [6.07, 6.45) is 0.756. The monoisotopic (exact) mass is 451 g/mol. The first-order valence-corrected chi connectivity index (χ1v) is 12.4. The van der Waals surface area contributed by atoms with Crippen molar-refractivity contribution in [2.45, 2.75) is 37.8 Å². The molecular formula is C22H29NO5S2. The largest absolute Gasteiger partial charge is 0.482 e. The van der Waals surface area contributed by atoms with Crippen molar-refractivity contribution in [2.24, 2.45) is 0 Å². The lowest BCUT2D eigenvalue weighted by molar-refractivity contribution is -0.139. The minimum Gasteiger partial charge on any atom is -0.482 e. The second-order valence-electron chi connectivity index (χ2n) is 7.10. The molecule has 8 heteroatoms. The molecule has 0 unspecified atom stereocenters.